The smallest absolute Gasteiger partial charge is 0.350 e. The Kier molecular flexibility index (Phi) is 5.67. The van der Waals surface area contributed by atoms with Gasteiger partial charge in [0.15, 0.2) is 0 Å². The highest BCUT2D eigenvalue weighted by atomic mass is 32.2. The number of ether oxygens (including phenoxy) is 1. The number of nitrogens with zero attached hydrogens (tertiary/aromatic N) is 4. The first-order valence-corrected chi connectivity index (χ1v) is 11.3. The van der Waals surface area contributed by atoms with Crippen LogP contribution in [0.4, 0.5) is 4.39 Å². The van der Waals surface area contributed by atoms with Crippen LogP contribution < -0.4 is 10.4 Å². The lowest BCUT2D eigenvalue weighted by molar-refractivity contribution is 0.305. The monoisotopic (exact) mass is 446 g/mol. The van der Waals surface area contributed by atoms with Gasteiger partial charge in [0.25, 0.3) is 0 Å². The Morgan fingerprint density at radius 2 is 1.90 bits per heavy atom. The Labute approximate surface area is 179 Å². The Morgan fingerprint density at radius 1 is 1.16 bits per heavy atom. The van der Waals surface area contributed by atoms with Crippen LogP contribution in [0.3, 0.4) is 0 Å². The number of para-hydroxylation sites is 1. The molecule has 10 heteroatoms. The van der Waals surface area contributed by atoms with E-state index in [-0.39, 0.29) is 28.8 Å². The van der Waals surface area contributed by atoms with Crippen molar-refractivity contribution in [3.63, 3.8) is 0 Å². The summed E-state index contributed by atoms with van der Waals surface area (Å²) in [6, 6.07) is 12.5. The highest BCUT2D eigenvalue weighted by Gasteiger charge is 2.35. The molecule has 1 fully saturated rings. The minimum atomic E-state index is -4.00. The van der Waals surface area contributed by atoms with E-state index in [9.17, 15) is 17.6 Å². The number of halogens is 1. The number of aryl methyl sites for hydroxylation is 1. The molecule has 164 valence electrons. The SMILES string of the molecule is COc1ccc(F)cc1S(=O)(=O)N1CCCC(c2nn(C)c(=O)n2-c2ccccc2)C1. The van der Waals surface area contributed by atoms with Crippen LogP contribution in [0.1, 0.15) is 24.6 Å². The van der Waals surface area contributed by atoms with E-state index in [1.807, 2.05) is 30.3 Å². The summed E-state index contributed by atoms with van der Waals surface area (Å²) in [6.45, 7) is 0.423. The Morgan fingerprint density at radius 3 is 2.61 bits per heavy atom. The highest BCUT2D eigenvalue weighted by Crippen LogP contribution is 2.33. The van der Waals surface area contributed by atoms with Gasteiger partial charge in [-0.25, -0.2) is 26.9 Å². The van der Waals surface area contributed by atoms with Crippen molar-refractivity contribution in [2.24, 2.45) is 7.05 Å². The van der Waals surface area contributed by atoms with Crippen molar-refractivity contribution in [2.45, 2.75) is 23.7 Å². The molecule has 1 saturated heterocycles. The van der Waals surface area contributed by atoms with Crippen molar-refractivity contribution in [3.05, 3.63) is 70.7 Å². The Bertz CT molecular complexity index is 1250. The second kappa shape index (κ2) is 8.27. The quantitative estimate of drug-likeness (QED) is 0.600. The summed E-state index contributed by atoms with van der Waals surface area (Å²) < 4.78 is 49.7. The first-order valence-electron chi connectivity index (χ1n) is 9.88. The molecule has 1 atom stereocenters. The maximum Gasteiger partial charge on any atom is 0.350 e. The minimum Gasteiger partial charge on any atom is -0.495 e. The van der Waals surface area contributed by atoms with Crippen LogP contribution in [0.2, 0.25) is 0 Å². The summed E-state index contributed by atoms with van der Waals surface area (Å²) >= 11 is 0. The predicted molar refractivity (Wildman–Crippen MR) is 112 cm³/mol. The fraction of sp³-hybridized carbons (Fsp3) is 0.333. The zero-order valence-electron chi connectivity index (χ0n) is 17.2. The third kappa shape index (κ3) is 3.88. The molecular weight excluding hydrogens is 423 g/mol. The lowest BCUT2D eigenvalue weighted by Gasteiger charge is -2.31. The number of benzene rings is 2. The number of aromatic nitrogens is 3. The Balaban J connectivity index is 1.72. The van der Waals surface area contributed by atoms with Crippen LogP contribution in [-0.4, -0.2) is 47.3 Å². The summed E-state index contributed by atoms with van der Waals surface area (Å²) in [6.07, 6.45) is 1.26. The van der Waals surface area contributed by atoms with E-state index in [0.29, 0.717) is 30.9 Å². The molecule has 1 aliphatic heterocycles. The lowest BCUT2D eigenvalue weighted by atomic mass is 9.98. The normalized spacial score (nSPS) is 17.6. The van der Waals surface area contributed by atoms with Gasteiger partial charge in [-0.05, 0) is 43.2 Å². The van der Waals surface area contributed by atoms with Gasteiger partial charge in [-0.1, -0.05) is 18.2 Å². The van der Waals surface area contributed by atoms with Crippen molar-refractivity contribution >= 4 is 10.0 Å². The molecular formula is C21H23FN4O4S. The number of sulfonamides is 1. The van der Waals surface area contributed by atoms with Crippen LogP contribution in [-0.2, 0) is 17.1 Å². The standard InChI is InChI=1S/C21H23FN4O4S/c1-24-21(27)26(17-8-4-3-5-9-17)20(23-24)15-7-6-12-25(14-15)31(28,29)19-13-16(22)10-11-18(19)30-2/h3-5,8-11,13,15H,6-7,12,14H2,1-2H3. The van der Waals surface area contributed by atoms with Gasteiger partial charge in [-0.2, -0.15) is 9.40 Å². The van der Waals surface area contributed by atoms with Gasteiger partial charge in [0, 0.05) is 26.1 Å². The molecule has 8 nitrogen and oxygen atoms in total. The maximum absolute atomic E-state index is 13.8. The molecule has 0 spiro atoms. The zero-order chi connectivity index (χ0) is 22.2. The van der Waals surface area contributed by atoms with Crippen LogP contribution in [0.5, 0.6) is 5.75 Å². The van der Waals surface area contributed by atoms with E-state index < -0.39 is 15.8 Å². The average Bonchev–Trinajstić information content (AvgIpc) is 3.08. The summed E-state index contributed by atoms with van der Waals surface area (Å²) in [4.78, 5) is 12.5. The number of methoxy groups -OCH3 is 1. The third-order valence-electron chi connectivity index (χ3n) is 5.46. The van der Waals surface area contributed by atoms with Crippen LogP contribution in [0, 0.1) is 5.82 Å². The van der Waals surface area contributed by atoms with E-state index in [2.05, 4.69) is 5.10 Å². The Hall–Kier alpha value is -2.98. The molecule has 1 aliphatic rings. The molecule has 0 aliphatic carbocycles. The van der Waals surface area contributed by atoms with E-state index in [4.69, 9.17) is 4.74 Å². The van der Waals surface area contributed by atoms with Gasteiger partial charge in [0.05, 0.1) is 12.8 Å². The third-order valence-corrected chi connectivity index (χ3v) is 7.34. The molecule has 31 heavy (non-hydrogen) atoms. The maximum atomic E-state index is 13.8. The van der Waals surface area contributed by atoms with Gasteiger partial charge in [-0.3, -0.25) is 0 Å². The number of hydrogen-bond donors (Lipinski definition) is 0. The molecule has 0 amide bonds. The van der Waals surface area contributed by atoms with E-state index in [0.717, 1.165) is 12.1 Å². The molecule has 1 unspecified atom stereocenters. The van der Waals surface area contributed by atoms with Crippen molar-refractivity contribution in [1.82, 2.24) is 18.7 Å². The second-order valence-corrected chi connectivity index (χ2v) is 9.34. The van der Waals surface area contributed by atoms with Crippen LogP contribution in [0.25, 0.3) is 5.69 Å². The first kappa shape index (κ1) is 21.3. The van der Waals surface area contributed by atoms with Crippen molar-refractivity contribution in [2.75, 3.05) is 20.2 Å². The summed E-state index contributed by atoms with van der Waals surface area (Å²) in [7, 11) is -1.09. The van der Waals surface area contributed by atoms with E-state index >= 15 is 0 Å². The summed E-state index contributed by atoms with van der Waals surface area (Å²) in [5.74, 6) is -0.361. The fourth-order valence-corrected chi connectivity index (χ4v) is 5.62. The number of hydrogen-bond acceptors (Lipinski definition) is 5. The molecule has 4 rings (SSSR count). The molecule has 0 saturated carbocycles. The fourth-order valence-electron chi connectivity index (χ4n) is 3.93. The molecule has 0 radical (unpaired) electrons. The topological polar surface area (TPSA) is 86.4 Å². The molecule has 3 aromatic rings. The molecule has 0 bridgehead atoms. The van der Waals surface area contributed by atoms with Gasteiger partial charge < -0.3 is 4.74 Å². The summed E-state index contributed by atoms with van der Waals surface area (Å²) in [5.41, 5.74) is 0.371. The second-order valence-electron chi connectivity index (χ2n) is 7.43. The van der Waals surface area contributed by atoms with Gasteiger partial charge in [0.1, 0.15) is 22.3 Å². The molecule has 1 aromatic heterocycles. The lowest BCUT2D eigenvalue weighted by Crippen LogP contribution is -2.40. The first-order chi connectivity index (χ1) is 14.8. The number of rotatable bonds is 5. The zero-order valence-corrected chi connectivity index (χ0v) is 18.0. The minimum absolute atomic E-state index is 0.0857. The number of piperidine rings is 1. The molecule has 2 heterocycles. The highest BCUT2D eigenvalue weighted by molar-refractivity contribution is 7.89. The predicted octanol–water partition coefficient (Wildman–Crippen LogP) is 2.29. The van der Waals surface area contributed by atoms with Gasteiger partial charge in [-0.15, -0.1) is 0 Å². The van der Waals surface area contributed by atoms with Crippen molar-refractivity contribution < 1.29 is 17.5 Å². The molecule has 2 aromatic carbocycles. The van der Waals surface area contributed by atoms with Crippen LogP contribution >= 0.6 is 0 Å². The van der Waals surface area contributed by atoms with Crippen molar-refractivity contribution in [3.8, 4) is 11.4 Å². The largest absolute Gasteiger partial charge is 0.495 e. The van der Waals surface area contributed by atoms with Gasteiger partial charge >= 0.3 is 5.69 Å². The van der Waals surface area contributed by atoms with Gasteiger partial charge in [0.2, 0.25) is 10.0 Å². The van der Waals surface area contributed by atoms with E-state index in [1.165, 1.54) is 26.7 Å². The van der Waals surface area contributed by atoms with Crippen molar-refractivity contribution in [1.29, 1.82) is 0 Å². The molecule has 0 N–H and O–H groups in total. The summed E-state index contributed by atoms with van der Waals surface area (Å²) in [5, 5.41) is 4.41. The van der Waals surface area contributed by atoms with Crippen LogP contribution in [0.15, 0.2) is 58.2 Å². The average molecular weight is 447 g/mol. The van der Waals surface area contributed by atoms with E-state index in [1.54, 1.807) is 7.05 Å².